The van der Waals surface area contributed by atoms with E-state index in [0.717, 1.165) is 6.42 Å². The van der Waals surface area contributed by atoms with E-state index in [2.05, 4.69) is 12.2 Å². The Morgan fingerprint density at radius 3 is 2.81 bits per heavy atom. The molecule has 0 saturated carbocycles. The number of carbonyl (C=O) groups is 2. The zero-order valence-corrected chi connectivity index (χ0v) is 12.8. The molecule has 0 spiro atoms. The Hall–Kier alpha value is -1.95. The Morgan fingerprint density at radius 1 is 1.48 bits per heavy atom. The number of nitrogens with zero attached hydrogens (tertiary/aromatic N) is 1. The second kappa shape index (κ2) is 6.67. The van der Waals surface area contributed by atoms with E-state index in [-0.39, 0.29) is 23.3 Å². The van der Waals surface area contributed by atoms with Crippen LogP contribution in [-0.4, -0.2) is 34.8 Å². The summed E-state index contributed by atoms with van der Waals surface area (Å²) in [5.41, 5.74) is 6.83. The largest absolute Gasteiger partial charge is 0.389 e. The van der Waals surface area contributed by atoms with E-state index in [4.69, 9.17) is 18.0 Å². The molecule has 2 rings (SSSR count). The van der Waals surface area contributed by atoms with E-state index < -0.39 is 0 Å². The molecule has 1 saturated heterocycles. The van der Waals surface area contributed by atoms with Crippen LogP contribution in [0.2, 0.25) is 0 Å². The predicted molar refractivity (Wildman–Crippen MR) is 85.9 cm³/mol. The van der Waals surface area contributed by atoms with Crippen molar-refractivity contribution in [2.24, 2.45) is 11.7 Å². The van der Waals surface area contributed by atoms with Gasteiger partial charge in [-0.1, -0.05) is 37.7 Å². The van der Waals surface area contributed by atoms with Gasteiger partial charge in [-0.15, -0.1) is 0 Å². The van der Waals surface area contributed by atoms with Crippen LogP contribution in [-0.2, 0) is 9.59 Å². The third-order valence-corrected chi connectivity index (χ3v) is 3.89. The lowest BCUT2D eigenvalue weighted by Crippen LogP contribution is -2.34. The number of likely N-dealkylation sites (tertiary alicyclic amines) is 1. The SMILES string of the molecule is CCC1CC(=O)N(CC(=O)Nc2ccccc2C(N)=S)C1. The van der Waals surface area contributed by atoms with Crippen LogP contribution in [0.4, 0.5) is 5.69 Å². The molecule has 0 aliphatic carbocycles. The van der Waals surface area contributed by atoms with Gasteiger partial charge in [-0.3, -0.25) is 9.59 Å². The maximum Gasteiger partial charge on any atom is 0.244 e. The molecule has 1 unspecified atom stereocenters. The molecular formula is C15H19N3O2S. The summed E-state index contributed by atoms with van der Waals surface area (Å²) in [6, 6.07) is 7.10. The molecule has 1 aromatic carbocycles. The van der Waals surface area contributed by atoms with Crippen molar-refractivity contribution in [1.82, 2.24) is 4.90 Å². The molecule has 0 bridgehead atoms. The summed E-state index contributed by atoms with van der Waals surface area (Å²) in [5.74, 6) is 0.164. The highest BCUT2D eigenvalue weighted by Crippen LogP contribution is 2.20. The molecule has 21 heavy (non-hydrogen) atoms. The molecule has 1 aliphatic heterocycles. The number of thiocarbonyl (C=S) groups is 1. The summed E-state index contributed by atoms with van der Waals surface area (Å²) in [4.78, 5) is 25.7. The minimum Gasteiger partial charge on any atom is -0.389 e. The summed E-state index contributed by atoms with van der Waals surface area (Å²) in [6.45, 7) is 2.78. The van der Waals surface area contributed by atoms with E-state index >= 15 is 0 Å². The average Bonchev–Trinajstić information content (AvgIpc) is 2.79. The van der Waals surface area contributed by atoms with Crippen molar-refractivity contribution in [3.63, 3.8) is 0 Å². The van der Waals surface area contributed by atoms with Gasteiger partial charge >= 0.3 is 0 Å². The van der Waals surface area contributed by atoms with Gasteiger partial charge in [0.05, 0.1) is 12.2 Å². The molecule has 1 atom stereocenters. The minimum absolute atomic E-state index is 0.0413. The first-order valence-electron chi connectivity index (χ1n) is 6.97. The van der Waals surface area contributed by atoms with Crippen LogP contribution < -0.4 is 11.1 Å². The zero-order chi connectivity index (χ0) is 15.4. The van der Waals surface area contributed by atoms with Gasteiger partial charge in [0.25, 0.3) is 0 Å². The van der Waals surface area contributed by atoms with Gasteiger partial charge in [0, 0.05) is 18.5 Å². The molecule has 1 aliphatic rings. The highest BCUT2D eigenvalue weighted by atomic mass is 32.1. The summed E-state index contributed by atoms with van der Waals surface area (Å²) in [6.07, 6.45) is 1.49. The van der Waals surface area contributed by atoms with Crippen LogP contribution in [0.25, 0.3) is 0 Å². The van der Waals surface area contributed by atoms with Gasteiger partial charge in [-0.05, 0) is 18.1 Å². The quantitative estimate of drug-likeness (QED) is 0.809. The molecule has 112 valence electrons. The minimum atomic E-state index is -0.233. The average molecular weight is 305 g/mol. The number of anilines is 1. The Bertz CT molecular complexity index is 574. The number of rotatable bonds is 5. The highest BCUT2D eigenvalue weighted by molar-refractivity contribution is 7.80. The zero-order valence-electron chi connectivity index (χ0n) is 12.0. The number of nitrogens with one attached hydrogen (secondary N) is 1. The van der Waals surface area contributed by atoms with Crippen molar-refractivity contribution >= 4 is 34.7 Å². The molecule has 3 N–H and O–H groups in total. The third-order valence-electron chi connectivity index (χ3n) is 3.67. The summed E-state index contributed by atoms with van der Waals surface area (Å²) < 4.78 is 0. The molecule has 2 amide bonds. The van der Waals surface area contributed by atoms with Gasteiger partial charge < -0.3 is 16.0 Å². The van der Waals surface area contributed by atoms with Crippen molar-refractivity contribution in [2.75, 3.05) is 18.4 Å². The van der Waals surface area contributed by atoms with Crippen LogP contribution in [0.15, 0.2) is 24.3 Å². The van der Waals surface area contributed by atoms with Crippen LogP contribution in [0.1, 0.15) is 25.3 Å². The number of carbonyl (C=O) groups excluding carboxylic acids is 2. The second-order valence-electron chi connectivity index (χ2n) is 5.21. The van der Waals surface area contributed by atoms with Crippen molar-refractivity contribution in [2.45, 2.75) is 19.8 Å². The first-order chi connectivity index (χ1) is 10.0. The number of hydrogen-bond acceptors (Lipinski definition) is 3. The lowest BCUT2D eigenvalue weighted by atomic mass is 10.1. The number of para-hydroxylation sites is 1. The number of hydrogen-bond donors (Lipinski definition) is 2. The van der Waals surface area contributed by atoms with Crippen LogP contribution in [0, 0.1) is 5.92 Å². The lowest BCUT2D eigenvalue weighted by molar-refractivity contribution is -0.131. The fourth-order valence-electron chi connectivity index (χ4n) is 2.45. The van der Waals surface area contributed by atoms with E-state index in [1.54, 1.807) is 29.2 Å². The number of nitrogens with two attached hydrogens (primary N) is 1. The van der Waals surface area contributed by atoms with E-state index in [1.165, 1.54) is 0 Å². The lowest BCUT2D eigenvalue weighted by Gasteiger charge is -2.17. The van der Waals surface area contributed by atoms with E-state index in [0.29, 0.717) is 30.1 Å². The van der Waals surface area contributed by atoms with E-state index in [9.17, 15) is 9.59 Å². The second-order valence-corrected chi connectivity index (χ2v) is 5.65. The molecular weight excluding hydrogens is 286 g/mol. The first kappa shape index (κ1) is 15.4. The maximum atomic E-state index is 12.1. The summed E-state index contributed by atoms with van der Waals surface area (Å²) in [5, 5.41) is 2.77. The van der Waals surface area contributed by atoms with Crippen molar-refractivity contribution < 1.29 is 9.59 Å². The molecule has 1 heterocycles. The number of benzene rings is 1. The van der Waals surface area contributed by atoms with Crippen LogP contribution in [0.3, 0.4) is 0 Å². The van der Waals surface area contributed by atoms with Gasteiger partial charge in [0.15, 0.2) is 0 Å². The normalized spacial score (nSPS) is 17.9. The summed E-state index contributed by atoms with van der Waals surface area (Å²) in [7, 11) is 0. The van der Waals surface area contributed by atoms with Crippen molar-refractivity contribution in [3.05, 3.63) is 29.8 Å². The molecule has 1 aromatic rings. The molecule has 0 aromatic heterocycles. The third kappa shape index (κ3) is 3.78. The van der Waals surface area contributed by atoms with Crippen molar-refractivity contribution in [3.8, 4) is 0 Å². The predicted octanol–water partition coefficient (Wildman–Crippen LogP) is 1.52. The molecule has 5 nitrogen and oxygen atoms in total. The molecule has 0 radical (unpaired) electrons. The first-order valence-corrected chi connectivity index (χ1v) is 7.38. The van der Waals surface area contributed by atoms with Gasteiger partial charge in [0.2, 0.25) is 11.8 Å². The van der Waals surface area contributed by atoms with E-state index in [1.807, 2.05) is 0 Å². The van der Waals surface area contributed by atoms with Gasteiger partial charge in [-0.2, -0.15) is 0 Å². The monoisotopic (exact) mass is 305 g/mol. The summed E-state index contributed by atoms with van der Waals surface area (Å²) >= 11 is 4.96. The van der Waals surface area contributed by atoms with Crippen molar-refractivity contribution in [1.29, 1.82) is 0 Å². The topological polar surface area (TPSA) is 75.4 Å². The fraction of sp³-hybridized carbons (Fsp3) is 0.400. The Kier molecular flexibility index (Phi) is 4.90. The smallest absolute Gasteiger partial charge is 0.244 e. The van der Waals surface area contributed by atoms with Crippen LogP contribution >= 0.6 is 12.2 Å². The van der Waals surface area contributed by atoms with Gasteiger partial charge in [0.1, 0.15) is 4.99 Å². The fourth-order valence-corrected chi connectivity index (χ4v) is 2.63. The van der Waals surface area contributed by atoms with Crippen LogP contribution in [0.5, 0.6) is 0 Å². The number of amides is 2. The Morgan fingerprint density at radius 2 is 2.19 bits per heavy atom. The Labute approximate surface area is 129 Å². The maximum absolute atomic E-state index is 12.1. The van der Waals surface area contributed by atoms with Gasteiger partial charge in [-0.25, -0.2) is 0 Å². The highest BCUT2D eigenvalue weighted by Gasteiger charge is 2.29. The standard InChI is InChI=1S/C15H19N3O2S/c1-2-10-7-14(20)18(8-10)9-13(19)17-12-6-4-3-5-11(12)15(16)21/h3-6,10H,2,7-9H2,1H3,(H2,16,21)(H,17,19). The molecule has 6 heteroatoms. The Balaban J connectivity index is 2.00. The molecule has 1 fully saturated rings.